The van der Waals surface area contributed by atoms with Gasteiger partial charge in [0, 0.05) is 43.2 Å². The van der Waals surface area contributed by atoms with Crippen LogP contribution in [-0.2, 0) is 4.79 Å². The molecule has 5 heterocycles. The van der Waals surface area contributed by atoms with Crippen LogP contribution in [0.4, 0.5) is 13.2 Å². The van der Waals surface area contributed by atoms with Gasteiger partial charge in [-0.15, -0.1) is 0 Å². The lowest BCUT2D eigenvalue weighted by atomic mass is 9.91. The molecule has 0 saturated carbocycles. The summed E-state index contributed by atoms with van der Waals surface area (Å²) in [7, 11) is 0. The Hall–Kier alpha value is -3.91. The molecule has 1 saturated heterocycles. The number of amides is 1. The third-order valence-corrected chi connectivity index (χ3v) is 5.86. The number of likely N-dealkylation sites (tertiary alicyclic amines) is 1. The van der Waals surface area contributed by atoms with Crippen molar-refractivity contribution < 1.29 is 18.0 Å². The molecule has 1 amide bonds. The molecule has 1 fully saturated rings. The van der Waals surface area contributed by atoms with Crippen LogP contribution in [0.3, 0.4) is 0 Å². The SMILES string of the molecule is Cc1cc(C2CN(C(=O)C3=CC=C=C4C=CC(C(F)(F)F)=CN43)CCC2=N)n2nccc2n1. The van der Waals surface area contributed by atoms with Gasteiger partial charge in [0.25, 0.3) is 5.91 Å². The molecule has 7 nitrogen and oxygen atoms in total. The molecule has 1 unspecified atom stereocenters. The number of carbonyl (C=O) groups excluding carboxylic acids is 1. The van der Waals surface area contributed by atoms with Crippen molar-refractivity contribution in [3.05, 3.63) is 82.9 Å². The van der Waals surface area contributed by atoms with Crippen LogP contribution in [0.15, 0.2) is 71.5 Å². The highest BCUT2D eigenvalue weighted by Gasteiger charge is 2.37. The van der Waals surface area contributed by atoms with Crippen molar-refractivity contribution in [3.63, 3.8) is 0 Å². The van der Waals surface area contributed by atoms with Gasteiger partial charge in [0.05, 0.1) is 29.1 Å². The number of fused-ring (bicyclic) bond motifs is 2. The van der Waals surface area contributed by atoms with Crippen molar-refractivity contribution in [2.45, 2.75) is 25.4 Å². The Morgan fingerprint density at radius 2 is 2.12 bits per heavy atom. The lowest BCUT2D eigenvalue weighted by molar-refractivity contribution is -0.128. The molecule has 0 aromatic carbocycles. The Labute approximate surface area is 187 Å². The molecule has 0 bridgehead atoms. The minimum Gasteiger partial charge on any atom is -0.336 e. The number of allylic oxidation sites excluding steroid dienone is 4. The summed E-state index contributed by atoms with van der Waals surface area (Å²) < 4.78 is 41.5. The monoisotopic (exact) mass is 452 g/mol. The third-order valence-electron chi connectivity index (χ3n) is 5.86. The van der Waals surface area contributed by atoms with E-state index in [4.69, 9.17) is 5.41 Å². The predicted octanol–water partition coefficient (Wildman–Crippen LogP) is 3.63. The summed E-state index contributed by atoms with van der Waals surface area (Å²) in [5, 5.41) is 12.8. The van der Waals surface area contributed by atoms with E-state index in [-0.39, 0.29) is 12.2 Å². The topological polar surface area (TPSA) is 77.6 Å². The molecule has 2 aromatic rings. The van der Waals surface area contributed by atoms with Crippen LogP contribution >= 0.6 is 0 Å². The predicted molar refractivity (Wildman–Crippen MR) is 114 cm³/mol. The Morgan fingerprint density at radius 3 is 2.91 bits per heavy atom. The Kier molecular flexibility index (Phi) is 4.83. The number of carbonyl (C=O) groups is 1. The maximum atomic E-state index is 13.4. The summed E-state index contributed by atoms with van der Waals surface area (Å²) in [6, 6.07) is 3.62. The molecule has 2 aromatic heterocycles. The number of piperidine rings is 1. The van der Waals surface area contributed by atoms with E-state index >= 15 is 0 Å². The number of aryl methyl sites for hydroxylation is 1. The maximum absolute atomic E-state index is 13.4. The lowest BCUT2D eigenvalue weighted by Crippen LogP contribution is -2.46. The number of aromatic nitrogens is 3. The van der Waals surface area contributed by atoms with Crippen molar-refractivity contribution in [3.8, 4) is 0 Å². The first-order valence-electron chi connectivity index (χ1n) is 10.3. The fourth-order valence-corrected chi connectivity index (χ4v) is 4.23. The third kappa shape index (κ3) is 3.68. The number of hydrogen-bond acceptors (Lipinski definition) is 5. The number of alkyl halides is 3. The molecule has 0 radical (unpaired) electrons. The minimum atomic E-state index is -4.53. The van der Waals surface area contributed by atoms with Crippen molar-refractivity contribution in [2.24, 2.45) is 0 Å². The van der Waals surface area contributed by atoms with Crippen LogP contribution in [0.5, 0.6) is 0 Å². The van der Waals surface area contributed by atoms with Gasteiger partial charge in [-0.05, 0) is 37.3 Å². The zero-order chi connectivity index (χ0) is 23.3. The van der Waals surface area contributed by atoms with Gasteiger partial charge in [-0.1, -0.05) is 5.73 Å². The molecule has 1 atom stereocenters. The molecule has 1 N–H and O–H groups in total. The number of rotatable bonds is 2. The van der Waals surface area contributed by atoms with Gasteiger partial charge >= 0.3 is 6.18 Å². The van der Waals surface area contributed by atoms with Crippen LogP contribution in [0.1, 0.15) is 23.7 Å². The van der Waals surface area contributed by atoms with Crippen LogP contribution < -0.4 is 0 Å². The molecule has 0 spiro atoms. The molecule has 0 aliphatic carbocycles. The first kappa shape index (κ1) is 21.0. The van der Waals surface area contributed by atoms with E-state index in [0.29, 0.717) is 30.0 Å². The van der Waals surface area contributed by atoms with Crippen molar-refractivity contribution in [1.29, 1.82) is 5.41 Å². The first-order valence-corrected chi connectivity index (χ1v) is 10.3. The molecule has 10 heteroatoms. The summed E-state index contributed by atoms with van der Waals surface area (Å²) in [4.78, 5) is 20.7. The Balaban J connectivity index is 1.45. The molecular weight excluding hydrogens is 433 g/mol. The standard InChI is InChI=1S/C23H19F3N6O/c1-14-11-20(32-21(29-14)7-9-28-32)17-13-30(10-8-18(17)27)22(33)19-4-2-3-16-6-5-15(12-31(16)19)23(24,25)26/h2,4-7,9,11-12,17,27H,8,10,13H2,1H3. The van der Waals surface area contributed by atoms with Gasteiger partial charge in [0.1, 0.15) is 5.70 Å². The fraction of sp³-hybridized carbons (Fsp3) is 0.261. The minimum absolute atomic E-state index is 0.108. The molecule has 168 valence electrons. The van der Waals surface area contributed by atoms with E-state index in [1.54, 1.807) is 21.7 Å². The maximum Gasteiger partial charge on any atom is 0.417 e. The highest BCUT2D eigenvalue weighted by molar-refractivity contribution is 5.97. The van der Waals surface area contributed by atoms with E-state index in [9.17, 15) is 18.0 Å². The number of nitrogens with one attached hydrogen (secondary N) is 1. The Bertz CT molecular complexity index is 1340. The van der Waals surface area contributed by atoms with Crippen molar-refractivity contribution in [1.82, 2.24) is 24.4 Å². The van der Waals surface area contributed by atoms with Gasteiger partial charge in [-0.3, -0.25) is 4.79 Å². The van der Waals surface area contributed by atoms with Gasteiger partial charge in [-0.2, -0.15) is 18.3 Å². The zero-order valence-corrected chi connectivity index (χ0v) is 17.6. The summed E-state index contributed by atoms with van der Waals surface area (Å²) in [6.07, 6.45) is 3.63. The molecule has 33 heavy (non-hydrogen) atoms. The summed E-state index contributed by atoms with van der Waals surface area (Å²) in [5.41, 5.74) is 5.14. The van der Waals surface area contributed by atoms with E-state index < -0.39 is 23.6 Å². The van der Waals surface area contributed by atoms with Crippen LogP contribution in [-0.4, -0.2) is 55.3 Å². The average Bonchev–Trinajstić information content (AvgIpc) is 3.25. The zero-order valence-electron chi connectivity index (χ0n) is 17.6. The normalized spacial score (nSPS) is 20.5. The average molecular weight is 452 g/mol. The smallest absolute Gasteiger partial charge is 0.336 e. The highest BCUT2D eigenvalue weighted by atomic mass is 19.4. The quantitative estimate of drug-likeness (QED) is 0.706. The molecular formula is C23H19F3N6O. The number of nitrogens with zero attached hydrogens (tertiary/aromatic N) is 5. The molecule has 3 aliphatic rings. The van der Waals surface area contributed by atoms with E-state index in [0.717, 1.165) is 23.7 Å². The second-order valence-corrected chi connectivity index (χ2v) is 8.04. The number of hydrogen-bond donors (Lipinski definition) is 1. The van der Waals surface area contributed by atoms with Gasteiger partial charge < -0.3 is 15.2 Å². The largest absolute Gasteiger partial charge is 0.417 e. The van der Waals surface area contributed by atoms with E-state index in [1.165, 1.54) is 23.1 Å². The Morgan fingerprint density at radius 1 is 1.30 bits per heavy atom. The van der Waals surface area contributed by atoms with E-state index in [2.05, 4.69) is 15.8 Å². The van der Waals surface area contributed by atoms with E-state index in [1.807, 2.05) is 13.0 Å². The van der Waals surface area contributed by atoms with Gasteiger partial charge in [0.2, 0.25) is 0 Å². The highest BCUT2D eigenvalue weighted by Crippen LogP contribution is 2.34. The number of halogens is 3. The summed E-state index contributed by atoms with van der Waals surface area (Å²) >= 11 is 0. The van der Waals surface area contributed by atoms with Gasteiger partial charge in [0.15, 0.2) is 5.65 Å². The van der Waals surface area contributed by atoms with Crippen LogP contribution in [0.2, 0.25) is 0 Å². The second kappa shape index (κ2) is 7.60. The molecule has 5 rings (SSSR count). The molecule has 3 aliphatic heterocycles. The lowest BCUT2D eigenvalue weighted by Gasteiger charge is -2.36. The van der Waals surface area contributed by atoms with Crippen molar-refractivity contribution in [2.75, 3.05) is 13.1 Å². The van der Waals surface area contributed by atoms with Crippen molar-refractivity contribution >= 4 is 17.3 Å². The first-order chi connectivity index (χ1) is 15.7. The van der Waals surface area contributed by atoms with Crippen LogP contribution in [0, 0.1) is 12.3 Å². The van der Waals surface area contributed by atoms with Crippen LogP contribution in [0.25, 0.3) is 5.65 Å². The fourth-order valence-electron chi connectivity index (χ4n) is 4.23. The summed E-state index contributed by atoms with van der Waals surface area (Å²) in [6.45, 7) is 2.38. The summed E-state index contributed by atoms with van der Waals surface area (Å²) in [5.74, 6) is -0.803. The van der Waals surface area contributed by atoms with Gasteiger partial charge in [-0.25, -0.2) is 9.50 Å². The second-order valence-electron chi connectivity index (χ2n) is 8.04.